The molecule has 2 aromatic carbocycles. The van der Waals surface area contributed by atoms with Gasteiger partial charge in [0, 0.05) is 34.3 Å². The summed E-state index contributed by atoms with van der Waals surface area (Å²) >= 11 is 0. The van der Waals surface area contributed by atoms with Gasteiger partial charge in [-0.2, -0.15) is 0 Å². The number of carbonyl (C=O) groups is 2. The Labute approximate surface area is 160 Å². The van der Waals surface area contributed by atoms with Crippen LogP contribution in [0.5, 0.6) is 5.75 Å². The minimum Gasteiger partial charge on any atom is -0.489 e. The summed E-state index contributed by atoms with van der Waals surface area (Å²) in [6, 6.07) is 13.1. The van der Waals surface area contributed by atoms with Gasteiger partial charge in [0.2, 0.25) is 0 Å². The topological polar surface area (TPSA) is 94.8 Å². The molecule has 0 unspecified atom stereocenters. The lowest BCUT2D eigenvalue weighted by Crippen LogP contribution is -2.13. The van der Waals surface area contributed by atoms with Crippen LogP contribution in [0.1, 0.15) is 29.8 Å². The second-order valence-electron chi connectivity index (χ2n) is 6.02. The molecule has 1 amide bonds. The minimum atomic E-state index is -0.585. The Kier molecular flexibility index (Phi) is 5.74. The zero-order valence-electron chi connectivity index (χ0n) is 15.5. The number of fused-ring (bicyclic) bond motifs is 1. The highest BCUT2D eigenvalue weighted by atomic mass is 16.5. The molecule has 1 heterocycles. The van der Waals surface area contributed by atoms with Gasteiger partial charge in [0.25, 0.3) is 0 Å². The average Bonchev–Trinajstić information content (AvgIpc) is 2.66. The molecule has 0 aliphatic heterocycles. The van der Waals surface area contributed by atoms with Crippen LogP contribution < -0.4 is 15.7 Å². The van der Waals surface area contributed by atoms with Crippen molar-refractivity contribution in [2.24, 2.45) is 0 Å². The predicted octanol–water partition coefficient (Wildman–Crippen LogP) is 4.14. The van der Waals surface area contributed by atoms with Gasteiger partial charge >= 0.3 is 11.7 Å². The van der Waals surface area contributed by atoms with Gasteiger partial charge in [-0.15, -0.1) is 0 Å². The third kappa shape index (κ3) is 4.56. The highest BCUT2D eigenvalue weighted by Crippen LogP contribution is 2.23. The predicted molar refractivity (Wildman–Crippen MR) is 104 cm³/mol. The van der Waals surface area contributed by atoms with Crippen molar-refractivity contribution < 1.29 is 23.5 Å². The van der Waals surface area contributed by atoms with Crippen molar-refractivity contribution in [2.45, 2.75) is 20.5 Å². The van der Waals surface area contributed by atoms with Gasteiger partial charge in [0.05, 0.1) is 6.61 Å². The summed E-state index contributed by atoms with van der Waals surface area (Å²) in [6.07, 6.45) is -0.585. The van der Waals surface area contributed by atoms with Crippen molar-refractivity contribution in [2.75, 3.05) is 11.9 Å². The number of hydrogen-bond donors (Lipinski definition) is 1. The van der Waals surface area contributed by atoms with Gasteiger partial charge < -0.3 is 13.9 Å². The second kappa shape index (κ2) is 8.39. The zero-order valence-corrected chi connectivity index (χ0v) is 15.5. The molecule has 0 fully saturated rings. The quantitative estimate of drug-likeness (QED) is 0.509. The van der Waals surface area contributed by atoms with E-state index in [0.717, 1.165) is 0 Å². The van der Waals surface area contributed by atoms with Crippen LogP contribution in [0.15, 0.2) is 57.7 Å². The molecule has 144 valence electrons. The van der Waals surface area contributed by atoms with Crippen LogP contribution in [0.3, 0.4) is 0 Å². The molecule has 0 atom stereocenters. The van der Waals surface area contributed by atoms with Crippen molar-refractivity contribution in [1.29, 1.82) is 0 Å². The smallest absolute Gasteiger partial charge is 0.411 e. The largest absolute Gasteiger partial charge is 0.489 e. The monoisotopic (exact) mass is 381 g/mol. The van der Waals surface area contributed by atoms with E-state index in [1.807, 2.05) is 0 Å². The van der Waals surface area contributed by atoms with Crippen LogP contribution in [-0.4, -0.2) is 18.5 Å². The highest BCUT2D eigenvalue weighted by Gasteiger charge is 2.10. The molecule has 0 spiro atoms. The van der Waals surface area contributed by atoms with Crippen molar-refractivity contribution in [3.63, 3.8) is 0 Å². The average molecular weight is 381 g/mol. The fourth-order valence-corrected chi connectivity index (χ4v) is 2.66. The number of rotatable bonds is 6. The maximum atomic E-state index is 11.9. The molecule has 0 bridgehead atoms. The summed E-state index contributed by atoms with van der Waals surface area (Å²) < 4.78 is 15.8. The summed E-state index contributed by atoms with van der Waals surface area (Å²) in [4.78, 5) is 34.8. The van der Waals surface area contributed by atoms with E-state index in [-0.39, 0.29) is 19.0 Å². The van der Waals surface area contributed by atoms with Crippen LogP contribution in [-0.2, 0) is 11.3 Å². The summed E-state index contributed by atoms with van der Waals surface area (Å²) in [5.74, 6) is 0.553. The van der Waals surface area contributed by atoms with Gasteiger partial charge in [-0.05, 0) is 50.2 Å². The number of nitrogens with one attached hydrogen (secondary N) is 1. The van der Waals surface area contributed by atoms with Gasteiger partial charge in [0.1, 0.15) is 17.9 Å². The van der Waals surface area contributed by atoms with Crippen molar-refractivity contribution in [3.8, 4) is 5.75 Å². The minimum absolute atomic E-state index is 0.0227. The van der Waals surface area contributed by atoms with Crippen LogP contribution in [0.25, 0.3) is 11.0 Å². The lowest BCUT2D eigenvalue weighted by molar-refractivity contribution is 0.101. The summed E-state index contributed by atoms with van der Waals surface area (Å²) in [7, 11) is 0. The van der Waals surface area contributed by atoms with E-state index >= 15 is 0 Å². The lowest BCUT2D eigenvalue weighted by atomic mass is 10.1. The molecule has 1 N–H and O–H groups in total. The molecule has 3 aromatic rings. The van der Waals surface area contributed by atoms with Crippen molar-refractivity contribution in [3.05, 3.63) is 70.1 Å². The maximum Gasteiger partial charge on any atom is 0.411 e. The standard InChI is InChI=1S/C21H19NO6/c1-3-26-21(25)22-16-6-9-18-15(10-20(24)28-19(18)11-16)12-27-17-7-4-14(5-8-17)13(2)23/h4-11H,3,12H2,1-2H3,(H,22,25). The number of ketones is 1. The van der Waals surface area contributed by atoms with E-state index in [1.165, 1.54) is 13.0 Å². The Morgan fingerprint density at radius 2 is 1.82 bits per heavy atom. The first-order valence-corrected chi connectivity index (χ1v) is 8.70. The molecule has 3 rings (SSSR count). The number of hydrogen-bond acceptors (Lipinski definition) is 6. The van der Waals surface area contributed by atoms with E-state index in [0.29, 0.717) is 33.5 Å². The molecule has 0 saturated heterocycles. The number of benzene rings is 2. The molecule has 7 heteroatoms. The Hall–Kier alpha value is -3.61. The fraction of sp³-hybridized carbons (Fsp3) is 0.190. The van der Waals surface area contributed by atoms with Gasteiger partial charge in [-0.25, -0.2) is 9.59 Å². The second-order valence-corrected chi connectivity index (χ2v) is 6.02. The van der Waals surface area contributed by atoms with Crippen LogP contribution in [0.4, 0.5) is 10.5 Å². The van der Waals surface area contributed by atoms with E-state index in [4.69, 9.17) is 13.9 Å². The Morgan fingerprint density at radius 3 is 2.50 bits per heavy atom. The van der Waals surface area contributed by atoms with Gasteiger partial charge in [-0.1, -0.05) is 0 Å². The Morgan fingerprint density at radius 1 is 1.07 bits per heavy atom. The Balaban J connectivity index is 1.81. The number of amides is 1. The number of anilines is 1. The van der Waals surface area contributed by atoms with E-state index < -0.39 is 11.7 Å². The summed E-state index contributed by atoms with van der Waals surface area (Å²) in [5.41, 5.74) is 1.50. The number of Topliss-reactive ketones (excluding diaryl/α,β-unsaturated/α-hetero) is 1. The molecule has 0 radical (unpaired) electrons. The number of ether oxygens (including phenoxy) is 2. The first-order valence-electron chi connectivity index (χ1n) is 8.70. The van der Waals surface area contributed by atoms with Crippen LogP contribution in [0, 0.1) is 0 Å². The first-order chi connectivity index (χ1) is 13.5. The van der Waals surface area contributed by atoms with Crippen molar-refractivity contribution >= 4 is 28.5 Å². The van der Waals surface area contributed by atoms with Crippen molar-refractivity contribution in [1.82, 2.24) is 0 Å². The zero-order chi connectivity index (χ0) is 20.1. The van der Waals surface area contributed by atoms with E-state index in [9.17, 15) is 14.4 Å². The third-order valence-corrected chi connectivity index (χ3v) is 4.01. The third-order valence-electron chi connectivity index (χ3n) is 4.01. The summed E-state index contributed by atoms with van der Waals surface area (Å²) in [6.45, 7) is 3.60. The summed E-state index contributed by atoms with van der Waals surface area (Å²) in [5, 5.41) is 3.25. The van der Waals surface area contributed by atoms with Gasteiger partial charge in [-0.3, -0.25) is 10.1 Å². The highest BCUT2D eigenvalue weighted by molar-refractivity contribution is 5.94. The van der Waals surface area contributed by atoms with E-state index in [2.05, 4.69) is 5.32 Å². The molecule has 1 aromatic heterocycles. The van der Waals surface area contributed by atoms with Gasteiger partial charge in [0.15, 0.2) is 5.78 Å². The lowest BCUT2D eigenvalue weighted by Gasteiger charge is -2.10. The van der Waals surface area contributed by atoms with Crippen LogP contribution in [0.2, 0.25) is 0 Å². The molecule has 0 saturated carbocycles. The van der Waals surface area contributed by atoms with Crippen LogP contribution >= 0.6 is 0 Å². The molecule has 0 aliphatic rings. The fourth-order valence-electron chi connectivity index (χ4n) is 2.66. The normalized spacial score (nSPS) is 10.5. The molecular weight excluding hydrogens is 362 g/mol. The molecule has 0 aliphatic carbocycles. The molecule has 7 nitrogen and oxygen atoms in total. The first kappa shape index (κ1) is 19.2. The molecule has 28 heavy (non-hydrogen) atoms. The molecular formula is C21H19NO6. The number of carbonyl (C=O) groups excluding carboxylic acids is 2. The van der Waals surface area contributed by atoms with E-state index in [1.54, 1.807) is 49.4 Å². The SMILES string of the molecule is CCOC(=O)Nc1ccc2c(COc3ccc(C(C)=O)cc3)cc(=O)oc2c1. The maximum absolute atomic E-state index is 11.9. The Bertz CT molecular complexity index is 1070.